The van der Waals surface area contributed by atoms with Gasteiger partial charge in [-0.3, -0.25) is 0 Å². The molecule has 1 aromatic heterocycles. The lowest BCUT2D eigenvalue weighted by Crippen LogP contribution is -1.96. The van der Waals surface area contributed by atoms with Crippen molar-refractivity contribution in [2.45, 2.75) is 6.92 Å². The average molecular weight is 298 g/mol. The molecule has 1 aromatic carbocycles. The second kappa shape index (κ2) is 5.42. The summed E-state index contributed by atoms with van der Waals surface area (Å²) in [5.41, 5.74) is 1.45. The van der Waals surface area contributed by atoms with Gasteiger partial charge in [-0.15, -0.1) is 0 Å². The van der Waals surface area contributed by atoms with Gasteiger partial charge in [-0.1, -0.05) is 16.8 Å². The molecule has 1 heterocycles. The summed E-state index contributed by atoms with van der Waals surface area (Å²) in [6.45, 7) is 1.80. The number of aryl methyl sites for hydroxylation is 1. The number of benzene rings is 1. The summed E-state index contributed by atoms with van der Waals surface area (Å²) in [5.74, 6) is -0.644. The first-order valence-corrected chi connectivity index (χ1v) is 5.98. The fourth-order valence-electron chi connectivity index (χ4n) is 1.82. The fraction of sp³-hybridized carbons (Fsp3) is 0.231. The molecule has 0 aliphatic heterocycles. The topological polar surface area (TPSA) is 81.8 Å². The van der Waals surface area contributed by atoms with E-state index in [9.17, 15) is 4.79 Å². The Hall–Kier alpha value is -2.21. The number of ether oxygens (including phenoxy) is 2. The molecule has 0 aliphatic carbocycles. The summed E-state index contributed by atoms with van der Waals surface area (Å²) in [7, 11) is 2.96. The van der Waals surface area contributed by atoms with Crippen molar-refractivity contribution in [1.82, 2.24) is 5.16 Å². The Labute approximate surface area is 119 Å². The van der Waals surface area contributed by atoms with E-state index in [1.807, 2.05) is 0 Å². The van der Waals surface area contributed by atoms with Crippen molar-refractivity contribution < 1.29 is 23.9 Å². The van der Waals surface area contributed by atoms with Crippen LogP contribution in [0.5, 0.6) is 11.5 Å². The Morgan fingerprint density at radius 1 is 1.35 bits per heavy atom. The lowest BCUT2D eigenvalue weighted by molar-refractivity contribution is 0.0652. The van der Waals surface area contributed by atoms with Crippen molar-refractivity contribution in [2.75, 3.05) is 14.2 Å². The van der Waals surface area contributed by atoms with E-state index in [1.165, 1.54) is 20.3 Å². The lowest BCUT2D eigenvalue weighted by Gasteiger charge is -2.14. The van der Waals surface area contributed by atoms with Crippen LogP contribution >= 0.6 is 11.6 Å². The number of hydrogen-bond acceptors (Lipinski definition) is 5. The quantitative estimate of drug-likeness (QED) is 0.934. The molecule has 7 heteroatoms. The molecule has 0 radical (unpaired) electrons. The maximum atomic E-state index is 10.9. The number of carboxylic acids is 1. The highest BCUT2D eigenvalue weighted by atomic mass is 35.5. The molecular formula is C13H12ClNO5. The number of halogens is 1. The molecular weight excluding hydrogens is 286 g/mol. The van der Waals surface area contributed by atoms with Gasteiger partial charge in [0.2, 0.25) is 5.76 Å². The maximum absolute atomic E-state index is 10.9. The van der Waals surface area contributed by atoms with E-state index in [1.54, 1.807) is 13.0 Å². The number of carboxylic acid groups (broad SMARTS) is 1. The highest BCUT2D eigenvalue weighted by Crippen LogP contribution is 2.44. The minimum atomic E-state index is -1.21. The highest BCUT2D eigenvalue weighted by Gasteiger charge is 2.22. The average Bonchev–Trinajstić information content (AvgIpc) is 2.90. The number of aromatic nitrogens is 1. The number of nitrogens with zero attached hydrogens (tertiary/aromatic N) is 1. The number of rotatable bonds is 4. The Morgan fingerprint density at radius 3 is 2.55 bits per heavy atom. The molecule has 0 atom stereocenters. The number of methoxy groups -OCH3 is 2. The van der Waals surface area contributed by atoms with Crippen LogP contribution in [0.1, 0.15) is 16.1 Å². The van der Waals surface area contributed by atoms with Crippen molar-refractivity contribution in [2.24, 2.45) is 0 Å². The van der Waals surface area contributed by atoms with Crippen LogP contribution in [-0.4, -0.2) is 30.5 Å². The van der Waals surface area contributed by atoms with E-state index in [0.29, 0.717) is 22.1 Å². The van der Waals surface area contributed by atoms with Gasteiger partial charge in [0.25, 0.3) is 0 Å². The molecule has 0 saturated carbocycles. The van der Waals surface area contributed by atoms with Gasteiger partial charge >= 0.3 is 5.97 Å². The number of hydrogen-bond donors (Lipinski definition) is 1. The minimum absolute atomic E-state index is 0.270. The van der Waals surface area contributed by atoms with Crippen LogP contribution < -0.4 is 9.47 Å². The van der Waals surface area contributed by atoms with E-state index in [-0.39, 0.29) is 11.5 Å². The largest absolute Gasteiger partial charge is 0.493 e. The third-order valence-electron chi connectivity index (χ3n) is 2.77. The van der Waals surface area contributed by atoms with Crippen molar-refractivity contribution in [3.8, 4) is 22.8 Å². The zero-order chi connectivity index (χ0) is 14.9. The normalized spacial score (nSPS) is 10.4. The van der Waals surface area contributed by atoms with E-state index in [0.717, 1.165) is 5.56 Å². The van der Waals surface area contributed by atoms with Crippen LogP contribution in [0.25, 0.3) is 11.3 Å². The van der Waals surface area contributed by atoms with E-state index >= 15 is 0 Å². The Balaban J connectivity index is 2.70. The molecule has 0 amide bonds. The van der Waals surface area contributed by atoms with E-state index in [2.05, 4.69) is 5.16 Å². The summed E-state index contributed by atoms with van der Waals surface area (Å²) < 4.78 is 15.3. The molecule has 20 heavy (non-hydrogen) atoms. The third-order valence-corrected chi connectivity index (χ3v) is 3.25. The van der Waals surface area contributed by atoms with Gasteiger partial charge in [0.05, 0.1) is 24.8 Å². The van der Waals surface area contributed by atoms with Crippen LogP contribution in [-0.2, 0) is 0 Å². The molecule has 0 fully saturated rings. The first kappa shape index (κ1) is 14.2. The van der Waals surface area contributed by atoms with Gasteiger partial charge in [-0.2, -0.15) is 0 Å². The van der Waals surface area contributed by atoms with Gasteiger partial charge in [-0.05, 0) is 18.6 Å². The van der Waals surface area contributed by atoms with Gasteiger partial charge < -0.3 is 19.1 Å². The van der Waals surface area contributed by atoms with Crippen LogP contribution in [0.4, 0.5) is 0 Å². The molecule has 0 spiro atoms. The molecule has 2 aromatic rings. The summed E-state index contributed by atoms with van der Waals surface area (Å²) in [6, 6.07) is 3.01. The summed E-state index contributed by atoms with van der Waals surface area (Å²) in [5, 5.41) is 13.0. The van der Waals surface area contributed by atoms with Gasteiger partial charge in [0.1, 0.15) is 5.69 Å². The van der Waals surface area contributed by atoms with Gasteiger partial charge in [0, 0.05) is 6.07 Å². The second-order valence-electron chi connectivity index (χ2n) is 4.00. The van der Waals surface area contributed by atoms with Gasteiger partial charge in [-0.25, -0.2) is 4.79 Å². The first-order chi connectivity index (χ1) is 9.49. The van der Waals surface area contributed by atoms with Crippen LogP contribution in [0.3, 0.4) is 0 Å². The van der Waals surface area contributed by atoms with E-state index in [4.69, 9.17) is 30.7 Å². The van der Waals surface area contributed by atoms with Crippen molar-refractivity contribution >= 4 is 17.6 Å². The minimum Gasteiger partial charge on any atom is -0.493 e. The number of aromatic carboxylic acids is 1. The van der Waals surface area contributed by atoms with Crippen molar-refractivity contribution in [3.05, 3.63) is 28.5 Å². The Kier molecular flexibility index (Phi) is 3.85. The Morgan fingerprint density at radius 2 is 2.05 bits per heavy atom. The standard InChI is InChI=1S/C13H12ClNO5/c1-6-4-8(18-2)12(19-3)10(11(6)14)7-5-9(13(16)17)20-15-7/h4-5H,1-3H3,(H,16,17). The van der Waals surface area contributed by atoms with E-state index < -0.39 is 5.97 Å². The van der Waals surface area contributed by atoms with Crippen molar-refractivity contribution in [1.29, 1.82) is 0 Å². The zero-order valence-corrected chi connectivity index (χ0v) is 11.8. The number of carbonyl (C=O) groups is 1. The van der Waals surface area contributed by atoms with Crippen LogP contribution in [0.2, 0.25) is 5.02 Å². The maximum Gasteiger partial charge on any atom is 0.374 e. The zero-order valence-electron chi connectivity index (χ0n) is 11.1. The monoisotopic (exact) mass is 297 g/mol. The SMILES string of the molecule is COc1cc(C)c(Cl)c(-c2cc(C(=O)O)on2)c1OC. The predicted molar refractivity (Wildman–Crippen MR) is 71.7 cm³/mol. The molecule has 2 rings (SSSR count). The summed E-state index contributed by atoms with van der Waals surface area (Å²) in [4.78, 5) is 10.9. The van der Waals surface area contributed by atoms with Crippen LogP contribution in [0.15, 0.2) is 16.7 Å². The Bertz CT molecular complexity index is 665. The molecule has 6 nitrogen and oxygen atoms in total. The predicted octanol–water partition coefficient (Wildman–Crippen LogP) is 3.02. The van der Waals surface area contributed by atoms with Crippen molar-refractivity contribution in [3.63, 3.8) is 0 Å². The molecule has 0 aliphatic rings. The third kappa shape index (κ3) is 2.30. The smallest absolute Gasteiger partial charge is 0.374 e. The molecule has 0 unspecified atom stereocenters. The lowest BCUT2D eigenvalue weighted by atomic mass is 10.1. The molecule has 0 bridgehead atoms. The summed E-state index contributed by atoms with van der Waals surface area (Å²) >= 11 is 6.26. The molecule has 0 saturated heterocycles. The second-order valence-corrected chi connectivity index (χ2v) is 4.38. The summed E-state index contributed by atoms with van der Waals surface area (Å²) in [6.07, 6.45) is 0. The van der Waals surface area contributed by atoms with Crippen LogP contribution in [0, 0.1) is 6.92 Å². The first-order valence-electron chi connectivity index (χ1n) is 5.61. The highest BCUT2D eigenvalue weighted by molar-refractivity contribution is 6.34. The van der Waals surface area contributed by atoms with Gasteiger partial charge in [0.15, 0.2) is 11.5 Å². The fourth-order valence-corrected chi connectivity index (χ4v) is 2.06. The molecule has 1 N–H and O–H groups in total. The molecule has 106 valence electrons.